The van der Waals surface area contributed by atoms with E-state index in [2.05, 4.69) is 6.92 Å². The molecule has 0 unspecified atom stereocenters. The second-order valence-corrected chi connectivity index (χ2v) is 5.55. The summed E-state index contributed by atoms with van der Waals surface area (Å²) in [6.07, 6.45) is 13.0. The predicted molar refractivity (Wildman–Crippen MR) is 84.4 cm³/mol. The highest BCUT2D eigenvalue weighted by Crippen LogP contribution is 2.13. The van der Waals surface area contributed by atoms with Gasteiger partial charge in [0.25, 0.3) is 0 Å². The van der Waals surface area contributed by atoms with Crippen LogP contribution in [0.1, 0.15) is 84.0 Å². The standard InChI is InChI=1S/C17H30O4/c1-2-3-4-5-6-7-8-9-12-15(17(20)21)13-10-11-14-16(18)19/h12H,2-11,13-14H2,1H3,(H,18,19)(H,20,21). The van der Waals surface area contributed by atoms with Crippen molar-refractivity contribution in [1.82, 2.24) is 0 Å². The summed E-state index contributed by atoms with van der Waals surface area (Å²) in [5.74, 6) is -1.69. The zero-order valence-corrected chi connectivity index (χ0v) is 13.3. The summed E-state index contributed by atoms with van der Waals surface area (Å²) in [5, 5.41) is 17.6. The van der Waals surface area contributed by atoms with Gasteiger partial charge in [-0.2, -0.15) is 0 Å². The van der Waals surface area contributed by atoms with E-state index in [1.807, 2.05) is 6.08 Å². The maximum Gasteiger partial charge on any atom is 0.331 e. The first-order valence-corrected chi connectivity index (χ1v) is 8.22. The van der Waals surface area contributed by atoms with E-state index in [4.69, 9.17) is 10.2 Å². The van der Waals surface area contributed by atoms with E-state index < -0.39 is 11.9 Å². The van der Waals surface area contributed by atoms with Crippen LogP contribution in [0.3, 0.4) is 0 Å². The molecule has 0 aromatic heterocycles. The van der Waals surface area contributed by atoms with E-state index in [9.17, 15) is 9.59 Å². The Balaban J connectivity index is 3.74. The Kier molecular flexibility index (Phi) is 12.8. The zero-order valence-electron chi connectivity index (χ0n) is 13.3. The van der Waals surface area contributed by atoms with Gasteiger partial charge in [-0.3, -0.25) is 4.79 Å². The molecule has 0 aliphatic heterocycles. The van der Waals surface area contributed by atoms with E-state index in [1.165, 1.54) is 32.1 Å². The van der Waals surface area contributed by atoms with Crippen LogP contribution in [-0.2, 0) is 9.59 Å². The first-order chi connectivity index (χ1) is 10.1. The van der Waals surface area contributed by atoms with Gasteiger partial charge in [-0.1, -0.05) is 51.5 Å². The number of allylic oxidation sites excluding steroid dienone is 1. The second-order valence-electron chi connectivity index (χ2n) is 5.55. The number of rotatable bonds is 14. The van der Waals surface area contributed by atoms with Crippen LogP contribution in [0.15, 0.2) is 11.6 Å². The van der Waals surface area contributed by atoms with Gasteiger partial charge in [0.1, 0.15) is 0 Å². The summed E-state index contributed by atoms with van der Waals surface area (Å²) < 4.78 is 0. The second kappa shape index (κ2) is 13.7. The third-order valence-electron chi connectivity index (χ3n) is 3.56. The molecule has 21 heavy (non-hydrogen) atoms. The van der Waals surface area contributed by atoms with E-state index >= 15 is 0 Å². The van der Waals surface area contributed by atoms with Crippen molar-refractivity contribution in [3.63, 3.8) is 0 Å². The monoisotopic (exact) mass is 298 g/mol. The number of hydrogen-bond acceptors (Lipinski definition) is 2. The summed E-state index contributed by atoms with van der Waals surface area (Å²) in [6.45, 7) is 2.20. The average Bonchev–Trinajstić information content (AvgIpc) is 2.43. The molecule has 0 rings (SSSR count). The van der Waals surface area contributed by atoms with Gasteiger partial charge in [0.05, 0.1) is 0 Å². The highest BCUT2D eigenvalue weighted by molar-refractivity contribution is 5.86. The summed E-state index contributed by atoms with van der Waals surface area (Å²) in [4.78, 5) is 21.5. The van der Waals surface area contributed by atoms with E-state index in [-0.39, 0.29) is 6.42 Å². The molecule has 0 aromatic carbocycles. The molecular weight excluding hydrogens is 268 g/mol. The number of carbonyl (C=O) groups is 2. The molecule has 0 bridgehead atoms. The van der Waals surface area contributed by atoms with E-state index in [1.54, 1.807) is 0 Å². The lowest BCUT2D eigenvalue weighted by molar-refractivity contribution is -0.137. The predicted octanol–water partition coefficient (Wildman–Crippen LogP) is 4.78. The fourth-order valence-electron chi connectivity index (χ4n) is 2.27. The Hall–Kier alpha value is -1.32. The first-order valence-electron chi connectivity index (χ1n) is 8.22. The molecule has 122 valence electrons. The van der Waals surface area contributed by atoms with Gasteiger partial charge in [0.2, 0.25) is 0 Å². The molecule has 4 heteroatoms. The molecule has 0 aliphatic rings. The van der Waals surface area contributed by atoms with Gasteiger partial charge in [-0.25, -0.2) is 4.79 Å². The number of hydrogen-bond donors (Lipinski definition) is 2. The molecule has 0 saturated carbocycles. The third-order valence-corrected chi connectivity index (χ3v) is 3.56. The van der Waals surface area contributed by atoms with Gasteiger partial charge in [0.15, 0.2) is 0 Å². The normalized spacial score (nSPS) is 11.6. The first kappa shape index (κ1) is 19.7. The minimum atomic E-state index is -0.867. The smallest absolute Gasteiger partial charge is 0.331 e. The SMILES string of the molecule is CCCCCCCCCC=C(CCCCC(=O)O)C(=O)O. The molecular formula is C17H30O4. The van der Waals surface area contributed by atoms with Crippen LogP contribution in [0.2, 0.25) is 0 Å². The number of carboxylic acids is 2. The lowest BCUT2D eigenvalue weighted by Gasteiger charge is -2.03. The Bertz CT molecular complexity index is 321. The molecule has 0 spiro atoms. The largest absolute Gasteiger partial charge is 0.481 e. The zero-order chi connectivity index (χ0) is 15.9. The maximum absolute atomic E-state index is 11.1. The number of aliphatic carboxylic acids is 2. The van der Waals surface area contributed by atoms with Gasteiger partial charge >= 0.3 is 11.9 Å². The molecule has 0 radical (unpaired) electrons. The van der Waals surface area contributed by atoms with Gasteiger partial charge < -0.3 is 10.2 Å². The highest BCUT2D eigenvalue weighted by Gasteiger charge is 2.07. The summed E-state index contributed by atoms with van der Waals surface area (Å²) >= 11 is 0. The molecule has 0 atom stereocenters. The summed E-state index contributed by atoms with van der Waals surface area (Å²) in [6, 6.07) is 0. The fourth-order valence-corrected chi connectivity index (χ4v) is 2.27. The minimum Gasteiger partial charge on any atom is -0.481 e. The number of unbranched alkanes of at least 4 members (excludes halogenated alkanes) is 8. The van der Waals surface area contributed by atoms with Crippen LogP contribution >= 0.6 is 0 Å². The van der Waals surface area contributed by atoms with Crippen LogP contribution in [0.4, 0.5) is 0 Å². The molecule has 4 nitrogen and oxygen atoms in total. The van der Waals surface area contributed by atoms with Crippen molar-refractivity contribution in [2.75, 3.05) is 0 Å². The van der Waals surface area contributed by atoms with Crippen molar-refractivity contribution >= 4 is 11.9 Å². The molecule has 0 aliphatic carbocycles. The number of carboxylic acid groups (broad SMARTS) is 2. The fraction of sp³-hybridized carbons (Fsp3) is 0.765. The Morgan fingerprint density at radius 1 is 0.810 bits per heavy atom. The minimum absolute atomic E-state index is 0.116. The molecule has 0 saturated heterocycles. The van der Waals surface area contributed by atoms with Crippen LogP contribution in [0, 0.1) is 0 Å². The van der Waals surface area contributed by atoms with Crippen molar-refractivity contribution < 1.29 is 19.8 Å². The third kappa shape index (κ3) is 13.4. The van der Waals surface area contributed by atoms with Crippen molar-refractivity contribution in [2.45, 2.75) is 84.0 Å². The van der Waals surface area contributed by atoms with E-state index in [0.717, 1.165) is 19.3 Å². The summed E-state index contributed by atoms with van der Waals surface area (Å²) in [7, 11) is 0. The van der Waals surface area contributed by atoms with Crippen LogP contribution in [-0.4, -0.2) is 22.2 Å². The van der Waals surface area contributed by atoms with Crippen LogP contribution in [0.5, 0.6) is 0 Å². The van der Waals surface area contributed by atoms with Gasteiger partial charge in [-0.05, 0) is 32.1 Å². The molecule has 2 N–H and O–H groups in total. The van der Waals surface area contributed by atoms with Gasteiger partial charge in [-0.15, -0.1) is 0 Å². The molecule has 0 amide bonds. The lowest BCUT2D eigenvalue weighted by atomic mass is 10.0. The van der Waals surface area contributed by atoms with E-state index in [0.29, 0.717) is 24.8 Å². The highest BCUT2D eigenvalue weighted by atomic mass is 16.4. The molecule has 0 aromatic rings. The van der Waals surface area contributed by atoms with Crippen molar-refractivity contribution in [3.8, 4) is 0 Å². The Labute approximate surface area is 128 Å². The topological polar surface area (TPSA) is 74.6 Å². The lowest BCUT2D eigenvalue weighted by Crippen LogP contribution is -2.01. The van der Waals surface area contributed by atoms with Crippen LogP contribution in [0.25, 0.3) is 0 Å². The van der Waals surface area contributed by atoms with Crippen LogP contribution < -0.4 is 0 Å². The molecule has 0 fully saturated rings. The molecule has 0 heterocycles. The van der Waals surface area contributed by atoms with Crippen molar-refractivity contribution in [3.05, 3.63) is 11.6 Å². The Morgan fingerprint density at radius 3 is 1.95 bits per heavy atom. The maximum atomic E-state index is 11.1. The van der Waals surface area contributed by atoms with Crippen molar-refractivity contribution in [2.24, 2.45) is 0 Å². The summed E-state index contributed by atoms with van der Waals surface area (Å²) in [5.41, 5.74) is 0.436. The quantitative estimate of drug-likeness (QED) is 0.357. The van der Waals surface area contributed by atoms with Crippen molar-refractivity contribution in [1.29, 1.82) is 0 Å². The Morgan fingerprint density at radius 2 is 1.38 bits per heavy atom. The van der Waals surface area contributed by atoms with Gasteiger partial charge in [0, 0.05) is 12.0 Å². The average molecular weight is 298 g/mol.